The SMILES string of the molecule is CC(C)(C)c1ccc(C2=NC(c3ccc(F)cc3)=C(c3ccncc3)C2)cc1.C[S+](C)c1ccc(C2=NC(c3ccc(F)cc3)=C(c3ccncc3)C2)cc1.Cc1ccc(C2=NC(c3ccc(F)cc3)=C(c3ccncc3)C2)cc1.Cc1ccc(C2=NC(c3ccc(F)cc3)=C(c3ccncc3)C2)cc1.Cc1ccc(C2=NC(c3ccc(F)cc3)=C(c3ccncc3)C2)cc1. The van der Waals surface area contributed by atoms with Crippen LogP contribution in [0.3, 0.4) is 0 Å². The van der Waals surface area contributed by atoms with Gasteiger partial charge in [-0.1, -0.05) is 135 Å². The highest BCUT2D eigenvalue weighted by molar-refractivity contribution is 7.95. The number of hydrogen-bond donors (Lipinski definition) is 0. The van der Waals surface area contributed by atoms with E-state index in [1.165, 1.54) is 87.8 Å². The van der Waals surface area contributed by atoms with Crippen LogP contribution in [0.2, 0.25) is 0 Å². The average molecular weight is 1730 g/mol. The summed E-state index contributed by atoms with van der Waals surface area (Å²) < 4.78 is 66.7. The Kier molecular flexibility index (Phi) is 27.7. The molecule has 5 aromatic heterocycles. The van der Waals surface area contributed by atoms with Gasteiger partial charge in [0.25, 0.3) is 0 Å². The Bertz CT molecular complexity index is 6460. The molecule has 0 bridgehead atoms. The molecule has 0 fully saturated rings. The second-order valence-corrected chi connectivity index (χ2v) is 35.4. The normalized spacial score (nSPS) is 14.0. The fourth-order valence-electron chi connectivity index (χ4n) is 15.8. The molecule has 640 valence electrons. The summed E-state index contributed by atoms with van der Waals surface area (Å²) in [5, 5.41) is 0. The molecule has 0 aliphatic carbocycles. The lowest BCUT2D eigenvalue weighted by Crippen LogP contribution is -2.11. The van der Waals surface area contributed by atoms with Gasteiger partial charge in [0.15, 0.2) is 4.90 Å². The zero-order chi connectivity index (χ0) is 90.2. The molecule has 5 aliphatic heterocycles. The maximum Gasteiger partial charge on any atom is 0.154 e. The Labute approximate surface area is 759 Å². The van der Waals surface area contributed by atoms with Gasteiger partial charge in [-0.05, 0) is 322 Å². The van der Waals surface area contributed by atoms with Crippen LogP contribution in [0.15, 0.2) is 395 Å². The Morgan fingerprint density at radius 2 is 0.377 bits per heavy atom. The first-order valence-electron chi connectivity index (χ1n) is 43.0. The van der Waals surface area contributed by atoms with Crippen LogP contribution in [0, 0.1) is 49.9 Å². The molecule has 10 heterocycles. The van der Waals surface area contributed by atoms with Gasteiger partial charge in [-0.3, -0.25) is 49.9 Å². The quantitative estimate of drug-likeness (QED) is 0.0703. The number of hydrogen-bond acceptors (Lipinski definition) is 10. The topological polar surface area (TPSA) is 126 Å². The van der Waals surface area contributed by atoms with E-state index < -0.39 is 0 Å². The summed E-state index contributed by atoms with van der Waals surface area (Å²) in [4.78, 5) is 46.5. The van der Waals surface area contributed by atoms with Crippen molar-refractivity contribution in [2.24, 2.45) is 25.0 Å². The standard InChI is InChI=1S/C25H23FN2.C23H20FN2S.3C22H17FN2/c1-25(2,3)20-8-4-18(5-9-20)23-16-22(17-12-14-27-15-13-17)24(28-23)19-6-10-21(26)11-7-19;1-27(2)20-9-5-17(6-10-20)22-15-21(16-11-13-25-14-12-16)23(26-22)18-3-7-19(24)8-4-18;3*1-15-2-4-17(5-3-15)21-14-20(16-10-12-24-13-11-16)22(25-21)18-6-8-19(23)9-7-18/h4-15H,16H2,1-3H3;3-14H,15H2,1-2H3;3*2-13H,14H2,1H3/q;+1;;;. The first-order valence-corrected chi connectivity index (χ1v) is 45.0. The van der Waals surface area contributed by atoms with Gasteiger partial charge in [0, 0.05) is 133 Å². The Morgan fingerprint density at radius 3 is 0.554 bits per heavy atom. The maximum atomic E-state index is 13.4. The molecule has 0 N–H and O–H groups in total. The molecule has 0 spiro atoms. The lowest BCUT2D eigenvalue weighted by molar-refractivity contribution is 0.590. The van der Waals surface area contributed by atoms with E-state index in [9.17, 15) is 22.0 Å². The monoisotopic (exact) mass is 1730 g/mol. The molecule has 0 atom stereocenters. The predicted molar refractivity (Wildman–Crippen MR) is 526 cm³/mol. The van der Waals surface area contributed by atoms with E-state index in [0.717, 1.165) is 200 Å². The fraction of sp³-hybridized carbons (Fsp3) is 0.123. The first kappa shape index (κ1) is 88.4. The summed E-state index contributed by atoms with van der Waals surface area (Å²) in [7, 11) is 0.243. The van der Waals surface area contributed by atoms with Gasteiger partial charge in [0.2, 0.25) is 0 Å². The molecule has 10 aromatic carbocycles. The lowest BCUT2D eigenvalue weighted by atomic mass is 9.86. The van der Waals surface area contributed by atoms with Crippen molar-refractivity contribution in [2.45, 2.75) is 84.0 Å². The first-order chi connectivity index (χ1) is 63.1. The van der Waals surface area contributed by atoms with E-state index in [0.29, 0.717) is 0 Å². The smallest absolute Gasteiger partial charge is 0.154 e. The van der Waals surface area contributed by atoms with Gasteiger partial charge in [-0.2, -0.15) is 0 Å². The highest BCUT2D eigenvalue weighted by atomic mass is 32.2. The molecule has 5 aliphatic rings. The van der Waals surface area contributed by atoms with Crippen LogP contribution in [-0.2, 0) is 16.3 Å². The van der Waals surface area contributed by atoms with Crippen molar-refractivity contribution in [3.05, 3.63) is 500 Å². The molecule has 0 amide bonds. The summed E-state index contributed by atoms with van der Waals surface area (Å²) in [6.45, 7) is 12.9. The minimum Gasteiger partial charge on any atom is -0.265 e. The molecular weight excluding hydrogens is 1640 g/mol. The number of halogens is 5. The van der Waals surface area contributed by atoms with E-state index >= 15 is 0 Å². The van der Waals surface area contributed by atoms with Gasteiger partial charge >= 0.3 is 0 Å². The molecule has 10 nitrogen and oxygen atoms in total. The van der Waals surface area contributed by atoms with Crippen LogP contribution < -0.4 is 0 Å². The fourth-order valence-corrected chi connectivity index (χ4v) is 16.5. The number of rotatable bonds is 16. The maximum absolute atomic E-state index is 13.4. The van der Waals surface area contributed by atoms with E-state index in [2.05, 4.69) is 200 Å². The molecule has 0 unspecified atom stereocenters. The van der Waals surface area contributed by atoms with Crippen LogP contribution in [0.1, 0.15) is 159 Å². The van der Waals surface area contributed by atoms with Crippen molar-refractivity contribution in [3.8, 4) is 0 Å². The highest BCUT2D eigenvalue weighted by Crippen LogP contribution is 2.44. The molecular formula is C114H94F5N10S+. The van der Waals surface area contributed by atoms with E-state index in [4.69, 9.17) is 25.0 Å². The summed E-state index contributed by atoms with van der Waals surface area (Å²) in [5.74, 6) is -1.20. The van der Waals surface area contributed by atoms with Crippen molar-refractivity contribution < 1.29 is 22.0 Å². The summed E-state index contributed by atoms with van der Waals surface area (Å²) >= 11 is 0. The van der Waals surface area contributed by atoms with Gasteiger partial charge < -0.3 is 0 Å². The third kappa shape index (κ3) is 21.8. The summed E-state index contributed by atoms with van der Waals surface area (Å²) in [6.07, 6.45) is 26.1. The number of nitrogens with zero attached hydrogens (tertiary/aromatic N) is 10. The number of aliphatic imine (C=N–C) groups is 5. The second kappa shape index (κ2) is 40.8. The Balaban J connectivity index is 0.000000119. The number of allylic oxidation sites excluding steroid dienone is 5. The van der Waals surface area contributed by atoms with Gasteiger partial charge in [0.05, 0.1) is 57.0 Å². The third-order valence-electron chi connectivity index (χ3n) is 23.0. The Hall–Kier alpha value is -15.0. The van der Waals surface area contributed by atoms with Gasteiger partial charge in [-0.15, -0.1) is 0 Å². The van der Waals surface area contributed by atoms with Crippen LogP contribution >= 0.6 is 0 Å². The second-order valence-electron chi connectivity index (χ2n) is 33.3. The van der Waals surface area contributed by atoms with Crippen molar-refractivity contribution in [1.82, 2.24) is 24.9 Å². The minimum atomic E-state index is -0.241. The minimum absolute atomic E-state index is 0.121. The highest BCUT2D eigenvalue weighted by Gasteiger charge is 2.29. The molecule has 130 heavy (non-hydrogen) atoms. The van der Waals surface area contributed by atoms with Crippen LogP contribution in [0.5, 0.6) is 0 Å². The molecule has 15 aromatic rings. The zero-order valence-corrected chi connectivity index (χ0v) is 74.3. The molecule has 16 heteroatoms. The van der Waals surface area contributed by atoms with Crippen LogP contribution in [0.25, 0.3) is 56.4 Å². The predicted octanol–water partition coefficient (Wildman–Crippen LogP) is 27.4. The van der Waals surface area contributed by atoms with Crippen molar-refractivity contribution in [1.29, 1.82) is 0 Å². The van der Waals surface area contributed by atoms with E-state index in [1.54, 1.807) is 123 Å². The number of pyridine rings is 5. The molecule has 0 radical (unpaired) electrons. The van der Waals surface area contributed by atoms with Crippen molar-refractivity contribution in [3.63, 3.8) is 0 Å². The van der Waals surface area contributed by atoms with E-state index in [1.807, 2.05) is 60.7 Å². The molecule has 20 rings (SSSR count). The number of benzene rings is 10. The van der Waals surface area contributed by atoms with Crippen molar-refractivity contribution in [2.75, 3.05) is 12.5 Å². The number of aromatic nitrogens is 5. The van der Waals surface area contributed by atoms with Gasteiger partial charge in [-0.25, -0.2) is 22.0 Å². The zero-order valence-electron chi connectivity index (χ0n) is 73.4. The van der Waals surface area contributed by atoms with Crippen LogP contribution in [-0.4, -0.2) is 66.0 Å². The summed E-state index contributed by atoms with van der Waals surface area (Å²) in [5.41, 5.74) is 36.3. The van der Waals surface area contributed by atoms with Crippen LogP contribution in [0.4, 0.5) is 22.0 Å². The third-order valence-corrected chi connectivity index (χ3v) is 24.2. The summed E-state index contributed by atoms with van der Waals surface area (Å²) in [6, 6.07) is 95.2. The number of aryl methyl sites for hydroxylation is 3. The van der Waals surface area contributed by atoms with Gasteiger partial charge in [0.1, 0.15) is 41.6 Å². The average Bonchev–Trinajstić information content (AvgIpc) is 1.67. The molecule has 0 saturated carbocycles. The largest absolute Gasteiger partial charge is 0.265 e. The van der Waals surface area contributed by atoms with Crippen molar-refractivity contribution >= 4 is 95.8 Å². The molecule has 0 saturated heterocycles. The van der Waals surface area contributed by atoms with E-state index in [-0.39, 0.29) is 45.4 Å². The Morgan fingerprint density at radius 1 is 0.208 bits per heavy atom. The lowest BCUT2D eigenvalue weighted by Gasteiger charge is -2.19.